The molecule has 0 aliphatic carbocycles. The molecule has 9 heteroatoms. The molecule has 0 aliphatic heterocycles. The van der Waals surface area contributed by atoms with E-state index in [4.69, 9.17) is 25.6 Å². The van der Waals surface area contributed by atoms with E-state index in [0.29, 0.717) is 51.8 Å². The van der Waals surface area contributed by atoms with Crippen molar-refractivity contribution in [3.8, 4) is 22.9 Å². The van der Waals surface area contributed by atoms with E-state index in [-0.39, 0.29) is 11.3 Å². The van der Waals surface area contributed by atoms with E-state index in [2.05, 4.69) is 15.1 Å². The van der Waals surface area contributed by atoms with Gasteiger partial charge in [-0.25, -0.2) is 0 Å². The van der Waals surface area contributed by atoms with Crippen LogP contribution >= 0.6 is 11.6 Å². The maximum absolute atomic E-state index is 13.6. The number of pyridine rings is 2. The number of rotatable bonds is 7. The summed E-state index contributed by atoms with van der Waals surface area (Å²) in [5, 5.41) is 5.19. The highest BCUT2D eigenvalue weighted by Gasteiger charge is 2.19. The molecule has 3 heterocycles. The van der Waals surface area contributed by atoms with Crippen molar-refractivity contribution in [2.75, 3.05) is 14.2 Å². The summed E-state index contributed by atoms with van der Waals surface area (Å²) >= 11 is 6.06. The minimum atomic E-state index is -0.238. The first-order valence-electron chi connectivity index (χ1n) is 10.8. The second-order valence-electron chi connectivity index (χ2n) is 7.86. The Kier molecular flexibility index (Phi) is 6.20. The van der Waals surface area contributed by atoms with Crippen LogP contribution in [-0.2, 0) is 13.0 Å². The lowest BCUT2D eigenvalue weighted by Crippen LogP contribution is -2.14. The van der Waals surface area contributed by atoms with Gasteiger partial charge in [-0.2, -0.15) is 4.98 Å². The Hall–Kier alpha value is -4.17. The number of aromatic nitrogens is 4. The van der Waals surface area contributed by atoms with E-state index in [9.17, 15) is 4.79 Å². The zero-order valence-electron chi connectivity index (χ0n) is 19.1. The van der Waals surface area contributed by atoms with Crippen molar-refractivity contribution in [2.45, 2.75) is 13.0 Å². The smallest absolute Gasteiger partial charge is 0.232 e. The summed E-state index contributed by atoms with van der Waals surface area (Å²) in [7, 11) is 3.09. The van der Waals surface area contributed by atoms with Crippen molar-refractivity contribution in [3.63, 3.8) is 0 Å². The molecule has 176 valence electrons. The van der Waals surface area contributed by atoms with Crippen molar-refractivity contribution in [3.05, 3.63) is 99.4 Å². The number of benzene rings is 2. The van der Waals surface area contributed by atoms with Gasteiger partial charge in [0.2, 0.25) is 17.1 Å². The fourth-order valence-electron chi connectivity index (χ4n) is 3.89. The fraction of sp³-hybridized carbons (Fsp3) is 0.154. The van der Waals surface area contributed by atoms with Gasteiger partial charge in [0.25, 0.3) is 0 Å². The standard InChI is InChI=1S/C26H21ClN4O4/c1-33-22-12-19-21(13-23(22)34-2)31(14-16-6-8-17(27)9-7-16)15-20(25(19)32)26-29-24(35-30-26)11-18-5-3-4-10-28-18/h3-10,12-13,15H,11,14H2,1-2H3. The molecule has 0 atom stereocenters. The maximum atomic E-state index is 13.6. The Morgan fingerprint density at radius 3 is 2.51 bits per heavy atom. The first kappa shape index (κ1) is 22.6. The number of methoxy groups -OCH3 is 2. The first-order valence-corrected chi connectivity index (χ1v) is 11.2. The van der Waals surface area contributed by atoms with E-state index in [1.807, 2.05) is 47.0 Å². The first-order chi connectivity index (χ1) is 17.1. The van der Waals surface area contributed by atoms with Crippen molar-refractivity contribution in [1.29, 1.82) is 0 Å². The number of halogens is 1. The largest absolute Gasteiger partial charge is 0.493 e. The third-order valence-corrected chi connectivity index (χ3v) is 5.87. The minimum absolute atomic E-state index is 0.211. The molecule has 0 N–H and O–H groups in total. The van der Waals surface area contributed by atoms with Crippen LogP contribution in [0.3, 0.4) is 0 Å². The minimum Gasteiger partial charge on any atom is -0.493 e. The second kappa shape index (κ2) is 9.60. The van der Waals surface area contributed by atoms with E-state index >= 15 is 0 Å². The van der Waals surface area contributed by atoms with Crippen molar-refractivity contribution < 1.29 is 14.0 Å². The number of hydrogen-bond acceptors (Lipinski definition) is 7. The van der Waals surface area contributed by atoms with Gasteiger partial charge >= 0.3 is 0 Å². The lowest BCUT2D eigenvalue weighted by Gasteiger charge is -2.15. The summed E-state index contributed by atoms with van der Waals surface area (Å²) in [5.41, 5.74) is 2.55. The van der Waals surface area contributed by atoms with Crippen molar-refractivity contribution >= 4 is 22.5 Å². The molecule has 0 spiro atoms. The topological polar surface area (TPSA) is 92.3 Å². The maximum Gasteiger partial charge on any atom is 0.232 e. The van der Waals surface area contributed by atoms with Gasteiger partial charge in [0.05, 0.1) is 37.1 Å². The SMILES string of the molecule is COc1cc2c(=O)c(-c3noc(Cc4ccccn4)n3)cn(Cc3ccc(Cl)cc3)c2cc1OC. The van der Waals surface area contributed by atoms with Crippen LogP contribution in [0.2, 0.25) is 5.02 Å². The molecule has 8 nitrogen and oxygen atoms in total. The molecule has 0 radical (unpaired) electrons. The Labute approximate surface area is 205 Å². The van der Waals surface area contributed by atoms with E-state index < -0.39 is 0 Å². The molecule has 0 amide bonds. The Morgan fingerprint density at radius 1 is 1.03 bits per heavy atom. The monoisotopic (exact) mass is 488 g/mol. The normalized spacial score (nSPS) is 11.1. The highest BCUT2D eigenvalue weighted by molar-refractivity contribution is 6.30. The van der Waals surface area contributed by atoms with Crippen LogP contribution in [0.4, 0.5) is 0 Å². The number of ether oxygens (including phenoxy) is 2. The third kappa shape index (κ3) is 4.61. The predicted molar refractivity (Wildman–Crippen MR) is 132 cm³/mol. The molecule has 2 aromatic carbocycles. The van der Waals surface area contributed by atoms with Gasteiger partial charge in [-0.15, -0.1) is 0 Å². The summed E-state index contributed by atoms with van der Waals surface area (Å²) in [6.07, 6.45) is 3.80. The summed E-state index contributed by atoms with van der Waals surface area (Å²) in [4.78, 5) is 22.3. The van der Waals surface area contributed by atoms with Crippen LogP contribution in [0, 0.1) is 0 Å². The van der Waals surface area contributed by atoms with Gasteiger partial charge in [-0.1, -0.05) is 35.0 Å². The molecule has 35 heavy (non-hydrogen) atoms. The van der Waals surface area contributed by atoms with E-state index in [0.717, 1.165) is 11.3 Å². The van der Waals surface area contributed by atoms with Crippen LogP contribution in [-0.4, -0.2) is 33.9 Å². The number of nitrogens with zero attached hydrogens (tertiary/aromatic N) is 4. The quantitative estimate of drug-likeness (QED) is 0.326. The summed E-state index contributed by atoms with van der Waals surface area (Å²) in [5.74, 6) is 1.56. The molecule has 5 aromatic rings. The zero-order chi connectivity index (χ0) is 24.4. The Bertz CT molecular complexity index is 1550. The van der Waals surface area contributed by atoms with E-state index in [1.165, 1.54) is 7.11 Å². The van der Waals surface area contributed by atoms with Gasteiger partial charge in [-0.3, -0.25) is 9.78 Å². The molecule has 0 aliphatic rings. The lowest BCUT2D eigenvalue weighted by molar-refractivity contribution is 0.355. The molecule has 3 aromatic heterocycles. The van der Waals surface area contributed by atoms with E-state index in [1.54, 1.807) is 31.6 Å². The van der Waals surface area contributed by atoms with Crippen LogP contribution < -0.4 is 14.9 Å². The Morgan fingerprint density at radius 2 is 1.80 bits per heavy atom. The molecular weight excluding hydrogens is 468 g/mol. The predicted octanol–water partition coefficient (Wildman–Crippen LogP) is 4.76. The summed E-state index contributed by atoms with van der Waals surface area (Å²) < 4.78 is 18.3. The molecule has 0 saturated heterocycles. The average molecular weight is 489 g/mol. The van der Waals surface area contributed by atoms with Crippen molar-refractivity contribution in [1.82, 2.24) is 19.7 Å². The highest BCUT2D eigenvalue weighted by Crippen LogP contribution is 2.32. The third-order valence-electron chi connectivity index (χ3n) is 5.62. The molecule has 0 unspecified atom stereocenters. The van der Waals surface area contributed by atoms with Crippen LogP contribution in [0.5, 0.6) is 11.5 Å². The Balaban J connectivity index is 1.64. The summed E-state index contributed by atoms with van der Waals surface area (Å²) in [6, 6.07) is 16.6. The van der Waals surface area contributed by atoms with Gasteiger partial charge in [0.1, 0.15) is 0 Å². The van der Waals surface area contributed by atoms with Crippen molar-refractivity contribution in [2.24, 2.45) is 0 Å². The number of hydrogen-bond donors (Lipinski definition) is 0. The van der Waals surface area contributed by atoms with Gasteiger partial charge in [0, 0.05) is 35.7 Å². The molecule has 0 saturated carbocycles. The number of fused-ring (bicyclic) bond motifs is 1. The highest BCUT2D eigenvalue weighted by atomic mass is 35.5. The van der Waals surface area contributed by atoms with Gasteiger partial charge in [-0.05, 0) is 35.9 Å². The second-order valence-corrected chi connectivity index (χ2v) is 8.30. The van der Waals surface area contributed by atoms with Gasteiger partial charge < -0.3 is 18.6 Å². The molecular formula is C26H21ClN4O4. The molecule has 0 bridgehead atoms. The average Bonchev–Trinajstić information content (AvgIpc) is 3.34. The molecule has 0 fully saturated rings. The zero-order valence-corrected chi connectivity index (χ0v) is 19.8. The van der Waals surface area contributed by atoms with Gasteiger partial charge in [0.15, 0.2) is 11.5 Å². The van der Waals surface area contributed by atoms with Crippen LogP contribution in [0.15, 0.2) is 76.3 Å². The van der Waals surface area contributed by atoms with Crippen LogP contribution in [0.25, 0.3) is 22.3 Å². The fourth-order valence-corrected chi connectivity index (χ4v) is 4.01. The lowest BCUT2D eigenvalue weighted by atomic mass is 10.1. The molecule has 5 rings (SSSR count). The van der Waals surface area contributed by atoms with Crippen LogP contribution in [0.1, 0.15) is 17.1 Å². The summed E-state index contributed by atoms with van der Waals surface area (Å²) in [6.45, 7) is 0.481.